The van der Waals surface area contributed by atoms with Crippen LogP contribution in [0.15, 0.2) is 30.6 Å². The highest BCUT2D eigenvalue weighted by Gasteiger charge is 2.37. The Morgan fingerprint density at radius 1 is 1.04 bits per heavy atom. The van der Waals surface area contributed by atoms with Gasteiger partial charge in [-0.2, -0.15) is 26.3 Å². The van der Waals surface area contributed by atoms with E-state index in [0.29, 0.717) is 12.1 Å². The summed E-state index contributed by atoms with van der Waals surface area (Å²) in [5, 5.41) is 13.3. The second-order valence-corrected chi connectivity index (χ2v) is 5.76. The second-order valence-electron chi connectivity index (χ2n) is 5.76. The molecule has 0 bridgehead atoms. The van der Waals surface area contributed by atoms with Gasteiger partial charge in [0.15, 0.2) is 12.1 Å². The van der Waals surface area contributed by atoms with Crippen molar-refractivity contribution in [3.63, 3.8) is 0 Å². The maximum absolute atomic E-state index is 12.9. The van der Waals surface area contributed by atoms with Crippen molar-refractivity contribution in [2.24, 2.45) is 0 Å². The summed E-state index contributed by atoms with van der Waals surface area (Å²) < 4.78 is 83.5. The highest BCUT2D eigenvalue weighted by Crippen LogP contribution is 2.37. The zero-order valence-electron chi connectivity index (χ0n) is 14.1. The van der Waals surface area contributed by atoms with Gasteiger partial charge in [0.1, 0.15) is 6.33 Å². The monoisotopic (exact) mass is 395 g/mol. The molecule has 0 aliphatic carbocycles. The summed E-state index contributed by atoms with van der Waals surface area (Å²) in [6, 6.07) is 1.10. The molecule has 0 aliphatic heterocycles. The third kappa shape index (κ3) is 5.79. The van der Waals surface area contributed by atoms with Gasteiger partial charge in [0.25, 0.3) is 0 Å². The van der Waals surface area contributed by atoms with E-state index in [4.69, 9.17) is 4.74 Å². The number of halogens is 6. The molecule has 1 unspecified atom stereocenters. The van der Waals surface area contributed by atoms with Gasteiger partial charge in [-0.1, -0.05) is 0 Å². The number of nitrogens with zero attached hydrogens (tertiary/aromatic N) is 3. The van der Waals surface area contributed by atoms with Crippen LogP contribution in [0, 0.1) is 0 Å². The minimum atomic E-state index is -4.96. The molecule has 0 saturated heterocycles. The number of rotatable bonds is 5. The Hall–Kier alpha value is -2.40. The number of aliphatic hydroxyl groups excluding tert-OH is 1. The van der Waals surface area contributed by atoms with E-state index in [0.717, 1.165) is 11.0 Å². The second kappa shape index (κ2) is 7.69. The predicted molar refractivity (Wildman–Crippen MR) is 83.0 cm³/mol. The van der Waals surface area contributed by atoms with Gasteiger partial charge in [0.05, 0.1) is 17.2 Å². The molecule has 0 amide bonds. The maximum atomic E-state index is 12.9. The minimum Gasteiger partial charge on any atom is -0.365 e. The Morgan fingerprint density at radius 2 is 1.59 bits per heavy atom. The van der Waals surface area contributed by atoms with E-state index in [1.54, 1.807) is 13.8 Å². The molecule has 1 N–H and O–H groups in total. The summed E-state index contributed by atoms with van der Waals surface area (Å²) in [5.41, 5.74) is -3.36. The lowest BCUT2D eigenvalue weighted by molar-refractivity contribution is -0.143. The first-order valence-electron chi connectivity index (χ1n) is 7.59. The molecule has 0 aliphatic rings. The summed E-state index contributed by atoms with van der Waals surface area (Å²) in [6.45, 7) is 3.38. The normalized spacial score (nSPS) is 14.3. The maximum Gasteiger partial charge on any atom is 0.416 e. The lowest BCUT2D eigenvalue weighted by Gasteiger charge is -2.13. The summed E-state index contributed by atoms with van der Waals surface area (Å²) in [7, 11) is 0. The average Bonchev–Trinajstić information content (AvgIpc) is 2.99. The van der Waals surface area contributed by atoms with Crippen LogP contribution >= 0.6 is 0 Å². The topological polar surface area (TPSA) is 60.2 Å². The molecule has 1 aromatic carbocycles. The van der Waals surface area contributed by atoms with E-state index in [1.165, 1.54) is 12.3 Å². The lowest BCUT2D eigenvalue weighted by atomic mass is 10.0. The van der Waals surface area contributed by atoms with Crippen molar-refractivity contribution in [1.29, 1.82) is 0 Å². The molecule has 2 aromatic rings. The Morgan fingerprint density at radius 3 is 2.07 bits per heavy atom. The molecular weight excluding hydrogens is 380 g/mol. The zero-order valence-corrected chi connectivity index (χ0v) is 14.1. The highest BCUT2D eigenvalue weighted by molar-refractivity contribution is 5.58. The van der Waals surface area contributed by atoms with Crippen molar-refractivity contribution in [3.8, 4) is 11.4 Å². The van der Waals surface area contributed by atoms with Crippen LogP contribution in [0.5, 0.6) is 0 Å². The van der Waals surface area contributed by atoms with Crippen molar-refractivity contribution >= 4 is 6.20 Å². The van der Waals surface area contributed by atoms with Crippen LogP contribution in [0.1, 0.15) is 25.0 Å². The Labute approximate surface area is 149 Å². The Bertz CT molecular complexity index is 779. The van der Waals surface area contributed by atoms with Crippen molar-refractivity contribution in [2.75, 3.05) is 0 Å². The van der Waals surface area contributed by atoms with Gasteiger partial charge < -0.3 is 9.84 Å². The van der Waals surface area contributed by atoms with Crippen LogP contribution in [0.3, 0.4) is 0 Å². The highest BCUT2D eigenvalue weighted by atomic mass is 19.4. The first kappa shape index (κ1) is 20.9. The molecule has 0 saturated carbocycles. The lowest BCUT2D eigenvalue weighted by Crippen LogP contribution is -2.14. The number of aliphatic hydroxyl groups is 1. The summed E-state index contributed by atoms with van der Waals surface area (Å²) in [6.07, 6.45) is -7.98. The number of benzene rings is 1. The van der Waals surface area contributed by atoms with Gasteiger partial charge in [-0.05, 0) is 38.1 Å². The van der Waals surface area contributed by atoms with Gasteiger partial charge in [-0.3, -0.25) is 0 Å². The molecule has 5 nitrogen and oxygen atoms in total. The Balaban J connectivity index is 2.36. The third-order valence-corrected chi connectivity index (χ3v) is 3.17. The molecule has 27 heavy (non-hydrogen) atoms. The van der Waals surface area contributed by atoms with Crippen LogP contribution in [0.4, 0.5) is 26.3 Å². The van der Waals surface area contributed by atoms with Crippen molar-refractivity contribution < 1.29 is 36.2 Å². The van der Waals surface area contributed by atoms with Crippen LogP contribution in [0.2, 0.25) is 0 Å². The largest absolute Gasteiger partial charge is 0.416 e. The standard InChI is InChI=1S/C16H15F6N3O2/c1-9(2)27-13(26)3-4-25-8-23-14(24-25)10-5-11(15(17,18)19)7-12(6-10)16(20,21)22/h3-9,13,26H,1-2H3/b4-3-. The smallest absolute Gasteiger partial charge is 0.365 e. The molecule has 11 heteroatoms. The molecule has 0 radical (unpaired) electrons. The average molecular weight is 395 g/mol. The predicted octanol–water partition coefficient (Wildman–Crippen LogP) is 4.20. The summed E-state index contributed by atoms with van der Waals surface area (Å²) in [4.78, 5) is 3.72. The van der Waals surface area contributed by atoms with Crippen LogP contribution in [0.25, 0.3) is 17.6 Å². The SMILES string of the molecule is CC(C)OC(O)/C=C\n1cnc(-c2cc(C(F)(F)F)cc(C(F)(F)F)c2)n1. The molecule has 1 heterocycles. The summed E-state index contributed by atoms with van der Waals surface area (Å²) >= 11 is 0. The van der Waals surface area contributed by atoms with Gasteiger partial charge in [0, 0.05) is 11.8 Å². The van der Waals surface area contributed by atoms with E-state index in [1.807, 2.05) is 0 Å². The fraction of sp³-hybridized carbons (Fsp3) is 0.375. The zero-order chi connectivity index (χ0) is 20.4. The van der Waals surface area contributed by atoms with Gasteiger partial charge in [-0.15, -0.1) is 5.10 Å². The fourth-order valence-electron chi connectivity index (χ4n) is 2.05. The number of alkyl halides is 6. The number of hydrogen-bond donors (Lipinski definition) is 1. The van der Waals surface area contributed by atoms with E-state index < -0.39 is 35.3 Å². The fourth-order valence-corrected chi connectivity index (χ4v) is 2.05. The van der Waals surface area contributed by atoms with Crippen LogP contribution < -0.4 is 0 Å². The van der Waals surface area contributed by atoms with E-state index in [-0.39, 0.29) is 18.0 Å². The van der Waals surface area contributed by atoms with E-state index in [9.17, 15) is 31.4 Å². The quantitative estimate of drug-likeness (QED) is 0.609. The summed E-state index contributed by atoms with van der Waals surface area (Å²) in [5.74, 6) is -0.337. The van der Waals surface area contributed by atoms with Gasteiger partial charge >= 0.3 is 12.4 Å². The number of aromatic nitrogens is 3. The molecular formula is C16H15F6N3O2. The van der Waals surface area contributed by atoms with Gasteiger partial charge in [0.2, 0.25) is 0 Å². The van der Waals surface area contributed by atoms with Crippen molar-refractivity contribution in [2.45, 2.75) is 38.6 Å². The molecule has 148 valence electrons. The molecule has 1 atom stereocenters. The molecule has 0 fully saturated rings. The first-order chi connectivity index (χ1) is 12.4. The molecule has 0 spiro atoms. The minimum absolute atomic E-state index is 0.0278. The van der Waals surface area contributed by atoms with Crippen molar-refractivity contribution in [3.05, 3.63) is 41.7 Å². The first-order valence-corrected chi connectivity index (χ1v) is 7.59. The van der Waals surface area contributed by atoms with E-state index >= 15 is 0 Å². The van der Waals surface area contributed by atoms with Crippen LogP contribution in [-0.4, -0.2) is 32.3 Å². The van der Waals surface area contributed by atoms with Crippen molar-refractivity contribution in [1.82, 2.24) is 14.8 Å². The molecule has 2 rings (SSSR count). The van der Waals surface area contributed by atoms with E-state index in [2.05, 4.69) is 10.1 Å². The molecule has 1 aromatic heterocycles. The number of hydrogen-bond acceptors (Lipinski definition) is 4. The third-order valence-electron chi connectivity index (χ3n) is 3.17. The Kier molecular flexibility index (Phi) is 5.95. The number of ether oxygens (including phenoxy) is 1. The van der Waals surface area contributed by atoms with Gasteiger partial charge in [-0.25, -0.2) is 9.67 Å². The van der Waals surface area contributed by atoms with Crippen LogP contribution in [-0.2, 0) is 17.1 Å².